The highest BCUT2D eigenvalue weighted by Crippen LogP contribution is 2.26. The maximum absolute atomic E-state index is 13.7. The minimum atomic E-state index is -0.831. The Kier molecular flexibility index (Phi) is 4.40. The van der Waals surface area contributed by atoms with E-state index in [0.29, 0.717) is 6.42 Å². The highest BCUT2D eigenvalue weighted by atomic mass is 19.1. The van der Waals surface area contributed by atoms with E-state index in [-0.39, 0.29) is 12.1 Å². The molecule has 100 valence electrons. The van der Waals surface area contributed by atoms with Gasteiger partial charge in [0.15, 0.2) is 5.82 Å². The minimum absolute atomic E-state index is 0.115. The molecule has 1 atom stereocenters. The molecule has 0 aromatic heterocycles. The van der Waals surface area contributed by atoms with Crippen LogP contribution in [0.4, 0.5) is 14.5 Å². The van der Waals surface area contributed by atoms with Crippen molar-refractivity contribution in [1.82, 2.24) is 0 Å². The molecule has 1 amide bonds. The normalized spacial score (nSPS) is 14.1. The molecule has 3 nitrogen and oxygen atoms in total. The van der Waals surface area contributed by atoms with Crippen LogP contribution in [-0.4, -0.2) is 12.5 Å². The van der Waals surface area contributed by atoms with Gasteiger partial charge in [-0.15, -0.1) is 0 Å². The van der Waals surface area contributed by atoms with E-state index in [0.717, 1.165) is 6.07 Å². The van der Waals surface area contributed by atoms with E-state index in [1.807, 2.05) is 0 Å². The van der Waals surface area contributed by atoms with E-state index in [1.54, 1.807) is 13.8 Å². The molecule has 0 heterocycles. The van der Waals surface area contributed by atoms with Gasteiger partial charge < -0.3 is 11.1 Å². The topological polar surface area (TPSA) is 55.1 Å². The van der Waals surface area contributed by atoms with Crippen molar-refractivity contribution in [3.8, 4) is 0 Å². The molecule has 18 heavy (non-hydrogen) atoms. The molecule has 5 heteroatoms. The fraction of sp³-hybridized carbons (Fsp3) is 0.462. The number of aryl methyl sites for hydroxylation is 1. The standard InChI is InChI=1S/C13H18F2N2O/c1-4-13(3,7-16)12(18)17-11-9(14)6-5-8(2)10(11)15/h5-6H,4,7,16H2,1-3H3,(H,17,18). The van der Waals surface area contributed by atoms with Crippen molar-refractivity contribution in [2.75, 3.05) is 11.9 Å². The predicted molar refractivity (Wildman–Crippen MR) is 67.2 cm³/mol. The first-order chi connectivity index (χ1) is 8.35. The van der Waals surface area contributed by atoms with Crippen LogP contribution in [0.3, 0.4) is 0 Å². The summed E-state index contributed by atoms with van der Waals surface area (Å²) < 4.78 is 27.2. The highest BCUT2D eigenvalue weighted by molar-refractivity contribution is 5.95. The average Bonchev–Trinajstić information content (AvgIpc) is 2.37. The zero-order chi connectivity index (χ0) is 13.9. The van der Waals surface area contributed by atoms with Crippen molar-refractivity contribution in [3.63, 3.8) is 0 Å². The molecule has 0 radical (unpaired) electrons. The summed E-state index contributed by atoms with van der Waals surface area (Å²) in [6.45, 7) is 5.08. The molecule has 0 aliphatic carbocycles. The number of hydrogen-bond donors (Lipinski definition) is 2. The Morgan fingerprint density at radius 1 is 1.44 bits per heavy atom. The molecule has 0 saturated carbocycles. The predicted octanol–water partition coefficient (Wildman–Crippen LogP) is 2.59. The van der Waals surface area contributed by atoms with Gasteiger partial charge in [0.05, 0.1) is 5.41 Å². The summed E-state index contributed by atoms with van der Waals surface area (Å²) >= 11 is 0. The highest BCUT2D eigenvalue weighted by Gasteiger charge is 2.31. The van der Waals surface area contributed by atoms with Crippen molar-refractivity contribution in [2.45, 2.75) is 27.2 Å². The molecule has 0 aliphatic heterocycles. The SMILES string of the molecule is CCC(C)(CN)C(=O)Nc1c(F)ccc(C)c1F. The first-order valence-corrected chi connectivity index (χ1v) is 5.82. The number of carbonyl (C=O) groups is 1. The monoisotopic (exact) mass is 256 g/mol. The van der Waals surface area contributed by atoms with Gasteiger partial charge in [-0.2, -0.15) is 0 Å². The number of benzene rings is 1. The molecule has 0 aliphatic rings. The number of hydrogen-bond acceptors (Lipinski definition) is 2. The lowest BCUT2D eigenvalue weighted by molar-refractivity contribution is -0.124. The van der Waals surface area contributed by atoms with Gasteiger partial charge in [0.25, 0.3) is 0 Å². The second kappa shape index (κ2) is 5.44. The number of nitrogens with two attached hydrogens (primary N) is 1. The van der Waals surface area contributed by atoms with Crippen LogP contribution in [0.5, 0.6) is 0 Å². The van der Waals surface area contributed by atoms with E-state index in [4.69, 9.17) is 5.73 Å². The van der Waals surface area contributed by atoms with Crippen LogP contribution in [0.15, 0.2) is 12.1 Å². The third-order valence-corrected chi connectivity index (χ3v) is 3.30. The van der Waals surface area contributed by atoms with Crippen LogP contribution in [0, 0.1) is 24.0 Å². The molecular weight excluding hydrogens is 238 g/mol. The van der Waals surface area contributed by atoms with Crippen LogP contribution < -0.4 is 11.1 Å². The molecule has 0 bridgehead atoms. The zero-order valence-electron chi connectivity index (χ0n) is 10.8. The fourth-order valence-corrected chi connectivity index (χ4v) is 1.43. The molecule has 1 rings (SSSR count). The second-order valence-electron chi connectivity index (χ2n) is 4.63. The van der Waals surface area contributed by atoms with Crippen molar-refractivity contribution >= 4 is 11.6 Å². The van der Waals surface area contributed by atoms with Gasteiger partial charge in [0.2, 0.25) is 5.91 Å². The van der Waals surface area contributed by atoms with Crippen LogP contribution >= 0.6 is 0 Å². The van der Waals surface area contributed by atoms with Gasteiger partial charge in [-0.05, 0) is 31.9 Å². The Bertz CT molecular complexity index is 457. The Morgan fingerprint density at radius 2 is 2.06 bits per heavy atom. The number of carbonyl (C=O) groups excluding carboxylic acids is 1. The van der Waals surface area contributed by atoms with Crippen molar-refractivity contribution in [3.05, 3.63) is 29.3 Å². The fourth-order valence-electron chi connectivity index (χ4n) is 1.43. The number of rotatable bonds is 4. The van der Waals surface area contributed by atoms with Crippen LogP contribution in [-0.2, 0) is 4.79 Å². The van der Waals surface area contributed by atoms with Crippen molar-refractivity contribution < 1.29 is 13.6 Å². The summed E-state index contributed by atoms with van der Waals surface area (Å²) in [6, 6.07) is 2.45. The third-order valence-electron chi connectivity index (χ3n) is 3.30. The van der Waals surface area contributed by atoms with Gasteiger partial charge in [0.1, 0.15) is 11.5 Å². The Labute approximate surface area is 105 Å². The Balaban J connectivity index is 3.06. The van der Waals surface area contributed by atoms with Crippen LogP contribution in [0.2, 0.25) is 0 Å². The lowest BCUT2D eigenvalue weighted by atomic mass is 9.86. The van der Waals surface area contributed by atoms with Gasteiger partial charge in [-0.3, -0.25) is 4.79 Å². The lowest BCUT2D eigenvalue weighted by Gasteiger charge is -2.25. The summed E-state index contributed by atoms with van der Waals surface area (Å²) in [5.41, 5.74) is 4.57. The Morgan fingerprint density at radius 3 is 2.56 bits per heavy atom. The smallest absolute Gasteiger partial charge is 0.231 e. The summed E-state index contributed by atoms with van der Waals surface area (Å²) in [5.74, 6) is -2.02. The number of anilines is 1. The first-order valence-electron chi connectivity index (χ1n) is 5.82. The third kappa shape index (κ3) is 2.67. The Hall–Kier alpha value is -1.49. The van der Waals surface area contributed by atoms with Gasteiger partial charge in [-0.25, -0.2) is 8.78 Å². The molecule has 1 unspecified atom stereocenters. The van der Waals surface area contributed by atoms with E-state index in [1.165, 1.54) is 13.0 Å². The van der Waals surface area contributed by atoms with Crippen molar-refractivity contribution in [2.24, 2.45) is 11.1 Å². The first kappa shape index (κ1) is 14.6. The number of nitrogens with one attached hydrogen (secondary N) is 1. The van der Waals surface area contributed by atoms with Gasteiger partial charge in [0, 0.05) is 6.54 Å². The van der Waals surface area contributed by atoms with Crippen LogP contribution in [0.25, 0.3) is 0 Å². The van der Waals surface area contributed by atoms with Crippen molar-refractivity contribution in [1.29, 1.82) is 0 Å². The maximum atomic E-state index is 13.7. The minimum Gasteiger partial charge on any atom is -0.329 e. The molecule has 0 spiro atoms. The summed E-state index contributed by atoms with van der Waals surface area (Å²) in [4.78, 5) is 12.0. The average molecular weight is 256 g/mol. The molecule has 1 aromatic carbocycles. The summed E-state index contributed by atoms with van der Waals surface area (Å²) in [5, 5.41) is 2.29. The number of halogens is 2. The summed E-state index contributed by atoms with van der Waals surface area (Å²) in [7, 11) is 0. The van der Waals surface area contributed by atoms with E-state index in [9.17, 15) is 13.6 Å². The largest absolute Gasteiger partial charge is 0.329 e. The molecular formula is C13H18F2N2O. The second-order valence-corrected chi connectivity index (χ2v) is 4.63. The van der Waals surface area contributed by atoms with E-state index in [2.05, 4.69) is 5.32 Å². The molecule has 0 fully saturated rings. The quantitative estimate of drug-likeness (QED) is 0.870. The number of amides is 1. The maximum Gasteiger partial charge on any atom is 0.231 e. The van der Waals surface area contributed by atoms with Crippen LogP contribution in [0.1, 0.15) is 25.8 Å². The van der Waals surface area contributed by atoms with Gasteiger partial charge in [-0.1, -0.05) is 13.0 Å². The van der Waals surface area contributed by atoms with E-state index >= 15 is 0 Å². The molecule has 3 N–H and O–H groups in total. The lowest BCUT2D eigenvalue weighted by Crippen LogP contribution is -2.39. The summed E-state index contributed by atoms with van der Waals surface area (Å²) in [6.07, 6.45) is 0.490. The van der Waals surface area contributed by atoms with E-state index < -0.39 is 28.6 Å². The molecule has 0 saturated heterocycles. The molecule has 1 aromatic rings. The van der Waals surface area contributed by atoms with Gasteiger partial charge >= 0.3 is 0 Å². The zero-order valence-corrected chi connectivity index (χ0v) is 10.8.